The van der Waals surface area contributed by atoms with Crippen LogP contribution in [0.25, 0.3) is 0 Å². The molecule has 0 radical (unpaired) electrons. The molecule has 0 aromatic carbocycles. The average Bonchev–Trinajstić information content (AvgIpc) is 2.20. The van der Waals surface area contributed by atoms with Crippen LogP contribution in [0, 0.1) is 5.92 Å². The minimum atomic E-state index is -1.08. The number of hydrogen-bond donors (Lipinski definition) is 2. The molecule has 4 nitrogen and oxygen atoms in total. The molecule has 2 N–H and O–H groups in total. The molecule has 0 bridgehead atoms. The van der Waals surface area contributed by atoms with Crippen LogP contribution < -0.4 is 0 Å². The zero-order valence-electron chi connectivity index (χ0n) is 9.69. The summed E-state index contributed by atoms with van der Waals surface area (Å²) in [6.07, 6.45) is 8.26. The van der Waals surface area contributed by atoms with Crippen molar-refractivity contribution in [2.45, 2.75) is 45.4 Å². The molecule has 0 aliphatic rings. The normalized spacial score (nSPS) is 12.1. The van der Waals surface area contributed by atoms with Gasteiger partial charge in [-0.2, -0.15) is 0 Å². The molecule has 0 spiro atoms. The second-order valence-corrected chi connectivity index (χ2v) is 3.82. The van der Waals surface area contributed by atoms with E-state index >= 15 is 0 Å². The Morgan fingerprint density at radius 1 is 1.18 bits per heavy atom. The molecule has 1 atom stereocenters. The summed E-state index contributed by atoms with van der Waals surface area (Å²) < 4.78 is 0. The number of hydrogen-bond acceptors (Lipinski definition) is 2. The van der Waals surface area contributed by atoms with E-state index in [1.165, 1.54) is 18.9 Å². The third kappa shape index (κ3) is 12.6. The molecule has 0 saturated heterocycles. The van der Waals surface area contributed by atoms with Gasteiger partial charge in [0.15, 0.2) is 0 Å². The van der Waals surface area contributed by atoms with Crippen LogP contribution in [0.4, 0.5) is 0 Å². The van der Waals surface area contributed by atoms with Crippen LogP contribution in [-0.4, -0.2) is 73.5 Å². The van der Waals surface area contributed by atoms with Gasteiger partial charge in [0.05, 0.1) is 12.3 Å². The Hall–Kier alpha value is 0.316. The molecule has 0 aromatic rings. The van der Waals surface area contributed by atoms with Crippen molar-refractivity contribution in [3.05, 3.63) is 12.2 Å². The number of rotatable bonds is 9. The van der Waals surface area contributed by atoms with Crippen molar-refractivity contribution in [1.29, 1.82) is 0 Å². The van der Waals surface area contributed by atoms with Gasteiger partial charge in [0, 0.05) is 0 Å². The second-order valence-electron chi connectivity index (χ2n) is 3.82. The Labute approximate surface area is 145 Å². The molecule has 94 valence electrons. The maximum atomic E-state index is 10.7. The second kappa shape index (κ2) is 12.8. The molecule has 17 heavy (non-hydrogen) atoms. The predicted octanol–water partition coefficient (Wildman–Crippen LogP) is 2.04. The molecule has 0 heterocycles. The van der Waals surface area contributed by atoms with E-state index < -0.39 is 17.9 Å². The van der Waals surface area contributed by atoms with Gasteiger partial charge in [-0.1, -0.05) is 38.3 Å². The number of allylic oxidation sites excluding steroid dienone is 1. The van der Waals surface area contributed by atoms with E-state index in [4.69, 9.17) is 10.2 Å². The van der Waals surface area contributed by atoms with Gasteiger partial charge in [-0.15, -0.1) is 0 Å². The fourth-order valence-electron chi connectivity index (χ4n) is 1.38. The molecule has 0 saturated carbocycles. The first-order chi connectivity index (χ1) is 7.57. The molecule has 0 rings (SSSR count). The number of carbonyl (C=O) groups is 2. The summed E-state index contributed by atoms with van der Waals surface area (Å²) in [6.45, 7) is 2.13. The van der Waals surface area contributed by atoms with Gasteiger partial charge in [0.2, 0.25) is 0 Å². The van der Waals surface area contributed by atoms with Gasteiger partial charge in [0.1, 0.15) is 0 Å². The summed E-state index contributed by atoms with van der Waals surface area (Å²) in [7, 11) is 0. The van der Waals surface area contributed by atoms with Crippen molar-refractivity contribution in [3.63, 3.8) is 0 Å². The van der Waals surface area contributed by atoms with E-state index in [9.17, 15) is 9.59 Å². The Morgan fingerprint density at radius 2 is 1.82 bits per heavy atom. The number of aliphatic carboxylic acids is 2. The quantitative estimate of drug-likeness (QED) is 0.381. The van der Waals surface area contributed by atoms with Gasteiger partial charge in [-0.25, -0.2) is 0 Å². The van der Waals surface area contributed by atoms with E-state index in [1.54, 1.807) is 6.08 Å². The fourth-order valence-corrected chi connectivity index (χ4v) is 1.38. The molecule has 0 amide bonds. The van der Waals surface area contributed by atoms with Crippen molar-refractivity contribution in [2.24, 2.45) is 5.92 Å². The van der Waals surface area contributed by atoms with Crippen LogP contribution in [0.1, 0.15) is 45.4 Å². The van der Waals surface area contributed by atoms with Gasteiger partial charge >= 0.3 is 63.3 Å². The van der Waals surface area contributed by atoms with E-state index in [0.717, 1.165) is 19.3 Å². The van der Waals surface area contributed by atoms with Crippen molar-refractivity contribution in [3.8, 4) is 0 Å². The summed E-state index contributed by atoms with van der Waals surface area (Å²) in [5.41, 5.74) is 0. The van der Waals surface area contributed by atoms with E-state index in [0.29, 0.717) is 0 Å². The molecule has 5 heteroatoms. The molecule has 0 aromatic heterocycles. The zero-order chi connectivity index (χ0) is 12.4. The van der Waals surface area contributed by atoms with Crippen molar-refractivity contribution in [1.82, 2.24) is 0 Å². The first kappa shape index (κ1) is 19.7. The van der Waals surface area contributed by atoms with E-state index in [2.05, 4.69) is 6.92 Å². The van der Waals surface area contributed by atoms with Crippen LogP contribution in [0.5, 0.6) is 0 Å². The monoisotopic (exact) mass is 268 g/mol. The van der Waals surface area contributed by atoms with E-state index in [-0.39, 0.29) is 57.8 Å². The van der Waals surface area contributed by atoms with Gasteiger partial charge < -0.3 is 10.2 Å². The van der Waals surface area contributed by atoms with Crippen molar-refractivity contribution in [2.75, 3.05) is 0 Å². The van der Waals surface area contributed by atoms with Gasteiger partial charge in [-0.05, 0) is 12.8 Å². The average molecular weight is 268 g/mol. The summed E-state index contributed by atoms with van der Waals surface area (Å²) in [4.78, 5) is 21.1. The summed E-state index contributed by atoms with van der Waals surface area (Å²) in [5.74, 6) is -3.06. The van der Waals surface area contributed by atoms with Crippen molar-refractivity contribution >= 4 is 63.3 Å². The van der Waals surface area contributed by atoms with Crippen LogP contribution in [0.15, 0.2) is 12.2 Å². The van der Waals surface area contributed by atoms with Gasteiger partial charge in [0.25, 0.3) is 0 Å². The molecule has 0 fully saturated rings. The number of carboxylic acids is 2. The standard InChI is InChI=1S/C12H20O4.K.H/c1-2-3-4-5-6-7-8-10(12(15)16)9-11(13)14;;/h7-8,10H,2-6,9H2,1H3,(H,13,14)(H,15,16);;. The topological polar surface area (TPSA) is 74.6 Å². The first-order valence-corrected chi connectivity index (χ1v) is 5.69. The van der Waals surface area contributed by atoms with E-state index in [1.807, 2.05) is 0 Å². The third-order valence-electron chi connectivity index (χ3n) is 2.30. The minimum absolute atomic E-state index is 0. The SMILES string of the molecule is CCCCCCC=CC(CC(=O)O)C(=O)O.[KH]. The Bertz CT molecular complexity index is 251. The predicted molar refractivity (Wildman–Crippen MR) is 68.4 cm³/mol. The van der Waals surface area contributed by atoms with Crippen LogP contribution in [0.3, 0.4) is 0 Å². The van der Waals surface area contributed by atoms with Crippen LogP contribution in [0.2, 0.25) is 0 Å². The first-order valence-electron chi connectivity index (χ1n) is 5.69. The molecule has 0 aliphatic carbocycles. The Balaban J connectivity index is 0. The maximum absolute atomic E-state index is 10.7. The van der Waals surface area contributed by atoms with Crippen molar-refractivity contribution < 1.29 is 19.8 Å². The third-order valence-corrected chi connectivity index (χ3v) is 2.30. The summed E-state index contributed by atoms with van der Waals surface area (Å²) in [5, 5.41) is 17.3. The summed E-state index contributed by atoms with van der Waals surface area (Å²) in [6, 6.07) is 0. The van der Waals surface area contributed by atoms with Gasteiger partial charge in [-0.3, -0.25) is 9.59 Å². The number of carboxylic acid groups (broad SMARTS) is 2. The number of unbranched alkanes of at least 4 members (excludes halogenated alkanes) is 4. The Kier molecular flexibility index (Phi) is 14.8. The zero-order valence-corrected chi connectivity index (χ0v) is 9.69. The molecule has 1 unspecified atom stereocenters. The summed E-state index contributed by atoms with van der Waals surface area (Å²) >= 11 is 0. The Morgan fingerprint density at radius 3 is 2.29 bits per heavy atom. The fraction of sp³-hybridized carbons (Fsp3) is 0.667. The van der Waals surface area contributed by atoms with Crippen LogP contribution >= 0.6 is 0 Å². The van der Waals surface area contributed by atoms with Crippen LogP contribution in [-0.2, 0) is 9.59 Å². The molecular formula is C12H21KO4. The molecule has 0 aliphatic heterocycles. The molecular weight excluding hydrogens is 247 g/mol.